The van der Waals surface area contributed by atoms with Gasteiger partial charge in [-0.25, -0.2) is 0 Å². The number of halogens is 1. The van der Waals surface area contributed by atoms with Gasteiger partial charge in [-0.05, 0) is 42.8 Å². The number of hydrogen-bond donors (Lipinski definition) is 0. The third kappa shape index (κ3) is 3.35. The lowest BCUT2D eigenvalue weighted by Gasteiger charge is -2.02. The number of carbonyl (C=O) groups excluding carboxylic acids is 2. The van der Waals surface area contributed by atoms with E-state index in [1.165, 1.54) is 18.4 Å². The van der Waals surface area contributed by atoms with Gasteiger partial charge in [-0.1, -0.05) is 15.9 Å². The van der Waals surface area contributed by atoms with Crippen molar-refractivity contribution in [1.29, 1.82) is 0 Å². The van der Waals surface area contributed by atoms with Crippen LogP contribution in [0.25, 0.3) is 0 Å². The quantitative estimate of drug-likeness (QED) is 0.621. The first-order chi connectivity index (χ1) is 9.51. The first-order valence-electron chi connectivity index (χ1n) is 5.97. The van der Waals surface area contributed by atoms with Crippen molar-refractivity contribution in [2.75, 3.05) is 7.11 Å². The topological polar surface area (TPSA) is 43.4 Å². The molecule has 0 amide bonds. The van der Waals surface area contributed by atoms with Gasteiger partial charge in [-0.3, -0.25) is 9.59 Å². The Kier molecular flexibility index (Phi) is 4.73. The van der Waals surface area contributed by atoms with Crippen molar-refractivity contribution >= 4 is 39.0 Å². The van der Waals surface area contributed by atoms with Crippen LogP contribution in [0.2, 0.25) is 0 Å². The molecule has 2 rings (SSSR count). The Morgan fingerprint density at radius 2 is 2.00 bits per heavy atom. The van der Waals surface area contributed by atoms with Crippen molar-refractivity contribution < 1.29 is 14.3 Å². The first-order valence-corrected chi connectivity index (χ1v) is 7.58. The molecule has 5 heteroatoms. The van der Waals surface area contributed by atoms with Crippen LogP contribution in [0.3, 0.4) is 0 Å². The van der Waals surface area contributed by atoms with Crippen molar-refractivity contribution in [3.05, 3.63) is 55.7 Å². The number of methoxy groups -OCH3 is 1. The maximum absolute atomic E-state index is 12.4. The maximum Gasteiger partial charge on any atom is 0.310 e. The predicted molar refractivity (Wildman–Crippen MR) is 82.4 cm³/mol. The summed E-state index contributed by atoms with van der Waals surface area (Å²) in [5.74, 6) is -0.327. The molecular formula is C15H13BrO3S. The predicted octanol–water partition coefficient (Wildman–Crippen LogP) is 3.77. The van der Waals surface area contributed by atoms with E-state index < -0.39 is 0 Å². The molecule has 0 saturated carbocycles. The molecule has 0 N–H and O–H groups in total. The lowest BCUT2D eigenvalue weighted by molar-refractivity contribution is -0.139. The van der Waals surface area contributed by atoms with Gasteiger partial charge >= 0.3 is 5.97 Å². The molecule has 20 heavy (non-hydrogen) atoms. The van der Waals surface area contributed by atoms with Gasteiger partial charge in [-0.2, -0.15) is 0 Å². The number of ketones is 1. The Morgan fingerprint density at radius 3 is 2.65 bits per heavy atom. The zero-order chi connectivity index (χ0) is 14.7. The number of benzene rings is 1. The Labute approximate surface area is 129 Å². The summed E-state index contributed by atoms with van der Waals surface area (Å²) in [6.45, 7) is 1.94. The summed E-state index contributed by atoms with van der Waals surface area (Å²) in [5, 5.41) is 0. The molecule has 0 aliphatic heterocycles. The van der Waals surface area contributed by atoms with Crippen molar-refractivity contribution in [1.82, 2.24) is 0 Å². The fraction of sp³-hybridized carbons (Fsp3) is 0.200. The van der Waals surface area contributed by atoms with Crippen molar-refractivity contribution in [3.8, 4) is 0 Å². The third-order valence-corrected chi connectivity index (χ3v) is 4.83. The van der Waals surface area contributed by atoms with Crippen LogP contribution in [0.4, 0.5) is 0 Å². The number of ether oxygens (including phenoxy) is 1. The van der Waals surface area contributed by atoms with Gasteiger partial charge in [0, 0.05) is 14.9 Å². The highest BCUT2D eigenvalue weighted by Gasteiger charge is 2.14. The van der Waals surface area contributed by atoms with Crippen LogP contribution in [0.15, 0.2) is 34.8 Å². The molecule has 0 saturated heterocycles. The smallest absolute Gasteiger partial charge is 0.310 e. The fourth-order valence-corrected chi connectivity index (χ4v) is 2.94. The summed E-state index contributed by atoms with van der Waals surface area (Å²) in [4.78, 5) is 25.0. The largest absolute Gasteiger partial charge is 0.469 e. The maximum atomic E-state index is 12.4. The van der Waals surface area contributed by atoms with E-state index in [1.807, 2.05) is 19.1 Å². The summed E-state index contributed by atoms with van der Waals surface area (Å²) in [5.41, 5.74) is 1.67. The summed E-state index contributed by atoms with van der Waals surface area (Å²) in [7, 11) is 1.35. The summed E-state index contributed by atoms with van der Waals surface area (Å²) in [6.07, 6.45) is 0.202. The monoisotopic (exact) mass is 352 g/mol. The van der Waals surface area contributed by atoms with Crippen LogP contribution < -0.4 is 0 Å². The lowest BCUT2D eigenvalue weighted by atomic mass is 10.1. The van der Waals surface area contributed by atoms with E-state index >= 15 is 0 Å². The van der Waals surface area contributed by atoms with Gasteiger partial charge in [0.1, 0.15) is 0 Å². The normalized spacial score (nSPS) is 10.3. The van der Waals surface area contributed by atoms with Gasteiger partial charge in [0.05, 0.1) is 18.4 Å². The molecule has 2 aromatic rings. The highest BCUT2D eigenvalue weighted by atomic mass is 79.9. The third-order valence-electron chi connectivity index (χ3n) is 2.85. The molecule has 0 aliphatic rings. The Bertz CT molecular complexity index is 661. The van der Waals surface area contributed by atoms with E-state index in [0.29, 0.717) is 10.4 Å². The van der Waals surface area contributed by atoms with E-state index in [1.54, 1.807) is 18.2 Å². The molecule has 1 aromatic heterocycles. The van der Waals surface area contributed by atoms with Crippen molar-refractivity contribution in [2.24, 2.45) is 0 Å². The van der Waals surface area contributed by atoms with Gasteiger partial charge < -0.3 is 4.74 Å². The lowest BCUT2D eigenvalue weighted by Crippen LogP contribution is -2.02. The van der Waals surface area contributed by atoms with Crippen LogP contribution in [-0.2, 0) is 16.0 Å². The summed E-state index contributed by atoms with van der Waals surface area (Å²) in [6, 6.07) is 9.06. The summed E-state index contributed by atoms with van der Waals surface area (Å²) >= 11 is 4.74. The minimum Gasteiger partial charge on any atom is -0.469 e. The fourth-order valence-electron chi connectivity index (χ4n) is 1.74. The molecule has 3 nitrogen and oxygen atoms in total. The highest BCUT2D eigenvalue weighted by Crippen LogP contribution is 2.23. The average molecular weight is 353 g/mol. The molecule has 0 atom stereocenters. The molecule has 0 unspecified atom stereocenters. The van der Waals surface area contributed by atoms with Crippen LogP contribution in [0.5, 0.6) is 0 Å². The second kappa shape index (κ2) is 6.33. The van der Waals surface area contributed by atoms with E-state index in [-0.39, 0.29) is 18.2 Å². The number of aryl methyl sites for hydroxylation is 1. The molecule has 1 heterocycles. The Morgan fingerprint density at radius 1 is 1.25 bits per heavy atom. The van der Waals surface area contributed by atoms with Crippen LogP contribution in [-0.4, -0.2) is 18.9 Å². The standard InChI is InChI=1S/C15H13BrO3S/c1-9-7-10(3-5-12(9)16)15(18)13-6-4-11(20-13)8-14(17)19-2/h3-7H,8H2,1-2H3. The SMILES string of the molecule is COC(=O)Cc1ccc(C(=O)c2ccc(Br)c(C)c2)s1. The minimum atomic E-state index is -0.301. The van der Waals surface area contributed by atoms with Crippen LogP contribution >= 0.6 is 27.3 Å². The number of hydrogen-bond acceptors (Lipinski definition) is 4. The van der Waals surface area contributed by atoms with E-state index in [0.717, 1.165) is 14.9 Å². The van der Waals surface area contributed by atoms with Crippen molar-refractivity contribution in [3.63, 3.8) is 0 Å². The van der Waals surface area contributed by atoms with Gasteiger partial charge in [0.2, 0.25) is 5.78 Å². The molecule has 0 aliphatic carbocycles. The second-order valence-electron chi connectivity index (χ2n) is 4.31. The van der Waals surface area contributed by atoms with E-state index in [2.05, 4.69) is 20.7 Å². The summed E-state index contributed by atoms with van der Waals surface area (Å²) < 4.78 is 5.59. The molecule has 1 aromatic carbocycles. The number of esters is 1. The van der Waals surface area contributed by atoms with Crippen LogP contribution in [0, 0.1) is 6.92 Å². The zero-order valence-corrected chi connectivity index (χ0v) is 13.5. The number of rotatable bonds is 4. The number of carbonyl (C=O) groups is 2. The van der Waals surface area contributed by atoms with E-state index in [4.69, 9.17) is 0 Å². The molecule has 0 fully saturated rings. The van der Waals surface area contributed by atoms with Gasteiger partial charge in [-0.15, -0.1) is 11.3 Å². The molecule has 104 valence electrons. The van der Waals surface area contributed by atoms with E-state index in [9.17, 15) is 9.59 Å². The first kappa shape index (κ1) is 14.9. The highest BCUT2D eigenvalue weighted by molar-refractivity contribution is 9.10. The minimum absolute atomic E-state index is 0.0262. The zero-order valence-electron chi connectivity index (χ0n) is 11.1. The van der Waals surface area contributed by atoms with Crippen LogP contribution in [0.1, 0.15) is 25.7 Å². The van der Waals surface area contributed by atoms with Gasteiger partial charge in [0.25, 0.3) is 0 Å². The molecular weight excluding hydrogens is 340 g/mol. The second-order valence-corrected chi connectivity index (χ2v) is 6.33. The molecule has 0 bridgehead atoms. The Balaban J connectivity index is 2.21. The average Bonchev–Trinajstić information content (AvgIpc) is 2.89. The molecule has 0 radical (unpaired) electrons. The van der Waals surface area contributed by atoms with Gasteiger partial charge in [0.15, 0.2) is 0 Å². The molecule has 0 spiro atoms. The Hall–Kier alpha value is -1.46. The number of thiophene rings is 1. The van der Waals surface area contributed by atoms with Crippen molar-refractivity contribution in [2.45, 2.75) is 13.3 Å².